The van der Waals surface area contributed by atoms with Crippen LogP contribution in [-0.2, 0) is 0 Å². The molecule has 0 fully saturated rings. The molecule has 0 N–H and O–H groups in total. The topological polar surface area (TPSA) is 34.4 Å². The van der Waals surface area contributed by atoms with Crippen LogP contribution in [0.25, 0.3) is 27.7 Å². The van der Waals surface area contributed by atoms with Crippen molar-refractivity contribution >= 4 is 22.6 Å². The molecule has 22 heavy (non-hydrogen) atoms. The normalized spacial score (nSPS) is 11.1. The van der Waals surface area contributed by atoms with Gasteiger partial charge in [-0.05, 0) is 17.5 Å². The van der Waals surface area contributed by atoms with Gasteiger partial charge in [0.05, 0.1) is 17.3 Å². The van der Waals surface area contributed by atoms with Crippen LogP contribution in [0.2, 0.25) is 0 Å². The van der Waals surface area contributed by atoms with E-state index in [2.05, 4.69) is 4.98 Å². The van der Waals surface area contributed by atoms with Gasteiger partial charge in [-0.2, -0.15) is 0 Å². The smallest absolute Gasteiger partial charge is 0.152 e. The van der Waals surface area contributed by atoms with E-state index < -0.39 is 0 Å². The summed E-state index contributed by atoms with van der Waals surface area (Å²) in [6.07, 6.45) is 4.23. The molecule has 4 rings (SSSR count). The number of pyridine rings is 1. The van der Waals surface area contributed by atoms with E-state index in [4.69, 9.17) is 0 Å². The second-order valence-corrected chi connectivity index (χ2v) is 5.06. The number of aromatic nitrogens is 2. The number of halogens is 1. The molecule has 0 amide bonds. The Labute approximate surface area is 125 Å². The number of carbonyl (C=O) groups is 1. The van der Waals surface area contributed by atoms with E-state index in [0.717, 1.165) is 22.6 Å². The van der Waals surface area contributed by atoms with Crippen molar-refractivity contribution in [3.05, 3.63) is 72.3 Å². The monoisotopic (exact) mass is 290 g/mol. The molecule has 0 aliphatic carbocycles. The van der Waals surface area contributed by atoms with E-state index in [1.807, 2.05) is 24.3 Å². The summed E-state index contributed by atoms with van der Waals surface area (Å²) < 4.78 is 15.8. The van der Waals surface area contributed by atoms with Crippen LogP contribution in [0.4, 0.5) is 4.39 Å². The zero-order valence-corrected chi connectivity index (χ0v) is 11.5. The van der Waals surface area contributed by atoms with Gasteiger partial charge in [0.1, 0.15) is 11.6 Å². The summed E-state index contributed by atoms with van der Waals surface area (Å²) in [6.45, 7) is 0. The van der Waals surface area contributed by atoms with Gasteiger partial charge in [0, 0.05) is 17.1 Å². The lowest BCUT2D eigenvalue weighted by Gasteiger charge is -2.07. The Kier molecular flexibility index (Phi) is 2.76. The van der Waals surface area contributed by atoms with Crippen molar-refractivity contribution < 1.29 is 9.18 Å². The van der Waals surface area contributed by atoms with Crippen LogP contribution in [-0.4, -0.2) is 15.7 Å². The fraction of sp³-hybridized carbons (Fsp3) is 0. The average molecular weight is 290 g/mol. The van der Waals surface area contributed by atoms with Gasteiger partial charge >= 0.3 is 0 Å². The van der Waals surface area contributed by atoms with Gasteiger partial charge in [0.2, 0.25) is 0 Å². The van der Waals surface area contributed by atoms with Gasteiger partial charge in [-0.15, -0.1) is 0 Å². The van der Waals surface area contributed by atoms with Gasteiger partial charge < -0.3 is 0 Å². The number of nitrogens with zero attached hydrogens (tertiary/aromatic N) is 2. The first kappa shape index (κ1) is 12.7. The summed E-state index contributed by atoms with van der Waals surface area (Å²) in [6, 6.07) is 14.1. The largest absolute Gasteiger partial charge is 0.298 e. The van der Waals surface area contributed by atoms with E-state index in [1.165, 1.54) is 6.07 Å². The van der Waals surface area contributed by atoms with E-state index in [0.29, 0.717) is 17.0 Å². The summed E-state index contributed by atoms with van der Waals surface area (Å²) in [4.78, 5) is 15.8. The molecule has 2 aromatic heterocycles. The number of rotatable bonds is 2. The lowest BCUT2D eigenvalue weighted by Crippen LogP contribution is -1.96. The molecule has 0 aliphatic heterocycles. The molecule has 0 aliphatic rings. The predicted molar refractivity (Wildman–Crippen MR) is 83.5 cm³/mol. The number of hydrogen-bond donors (Lipinski definition) is 0. The van der Waals surface area contributed by atoms with Crippen LogP contribution in [0.5, 0.6) is 0 Å². The summed E-state index contributed by atoms with van der Waals surface area (Å²) in [5.74, 6) is 0.151. The lowest BCUT2D eigenvalue weighted by molar-refractivity contribution is 0.112. The van der Waals surface area contributed by atoms with Gasteiger partial charge in [-0.1, -0.05) is 36.4 Å². The molecule has 4 aromatic rings. The zero-order valence-electron chi connectivity index (χ0n) is 11.5. The molecular formula is C18H11FN2O. The number of hydrogen-bond acceptors (Lipinski definition) is 2. The van der Waals surface area contributed by atoms with Crippen LogP contribution >= 0.6 is 0 Å². The van der Waals surface area contributed by atoms with Gasteiger partial charge in [0.25, 0.3) is 0 Å². The van der Waals surface area contributed by atoms with Crippen molar-refractivity contribution in [2.45, 2.75) is 0 Å². The number of benzene rings is 2. The van der Waals surface area contributed by atoms with E-state index in [9.17, 15) is 9.18 Å². The first-order valence-corrected chi connectivity index (χ1v) is 6.88. The van der Waals surface area contributed by atoms with Gasteiger partial charge in [-0.25, -0.2) is 9.37 Å². The summed E-state index contributed by atoms with van der Waals surface area (Å²) in [5.41, 5.74) is 1.81. The first-order chi connectivity index (χ1) is 10.8. The maximum atomic E-state index is 14.1. The number of imidazole rings is 1. The minimum Gasteiger partial charge on any atom is -0.298 e. The highest BCUT2D eigenvalue weighted by molar-refractivity contribution is 6.05. The molecule has 0 radical (unpaired) electrons. The van der Waals surface area contributed by atoms with E-state index in [1.54, 1.807) is 35.0 Å². The molecule has 0 saturated carbocycles. The summed E-state index contributed by atoms with van der Waals surface area (Å²) in [5, 5.41) is 1.78. The minimum absolute atomic E-state index is 0.337. The van der Waals surface area contributed by atoms with Crippen LogP contribution in [0.1, 0.15) is 10.4 Å². The standard InChI is InChI=1S/C18H11FN2O/c19-16-8-4-3-7-15(16)18-20-9-17-14-6-2-1-5-13(14)12(11-22)10-21(17)18/h1-11H. The molecular weight excluding hydrogens is 279 g/mol. The molecule has 3 nitrogen and oxygen atoms in total. The van der Waals surface area contributed by atoms with Crippen LogP contribution < -0.4 is 0 Å². The summed E-state index contributed by atoms with van der Waals surface area (Å²) >= 11 is 0. The molecule has 4 heteroatoms. The number of aldehydes is 1. The van der Waals surface area contributed by atoms with Crippen molar-refractivity contribution in [3.63, 3.8) is 0 Å². The molecule has 2 aromatic carbocycles. The van der Waals surface area contributed by atoms with Gasteiger partial charge in [0.15, 0.2) is 6.29 Å². The molecule has 0 atom stereocenters. The molecule has 2 heterocycles. The lowest BCUT2D eigenvalue weighted by atomic mass is 10.1. The van der Waals surface area contributed by atoms with E-state index >= 15 is 0 Å². The highest BCUT2D eigenvalue weighted by Crippen LogP contribution is 2.28. The third-order valence-corrected chi connectivity index (χ3v) is 3.82. The SMILES string of the molecule is O=Cc1cn2c(-c3ccccc3F)ncc2c2ccccc12. The van der Waals surface area contributed by atoms with Crippen LogP contribution in [0, 0.1) is 5.82 Å². The minimum atomic E-state index is -0.337. The molecule has 0 spiro atoms. The van der Waals surface area contributed by atoms with Gasteiger partial charge in [-0.3, -0.25) is 9.20 Å². The zero-order chi connectivity index (χ0) is 15.1. The molecule has 0 saturated heterocycles. The molecule has 106 valence electrons. The van der Waals surface area contributed by atoms with Crippen molar-refractivity contribution in [1.29, 1.82) is 0 Å². The molecule has 0 bridgehead atoms. The Hall–Kier alpha value is -3.01. The second kappa shape index (κ2) is 4.77. The Bertz CT molecular complexity index is 1020. The Morgan fingerprint density at radius 3 is 2.50 bits per heavy atom. The highest BCUT2D eigenvalue weighted by atomic mass is 19.1. The Morgan fingerprint density at radius 2 is 1.73 bits per heavy atom. The average Bonchev–Trinajstić information content (AvgIpc) is 2.98. The first-order valence-electron chi connectivity index (χ1n) is 6.88. The number of fused-ring (bicyclic) bond motifs is 3. The third-order valence-electron chi connectivity index (χ3n) is 3.82. The van der Waals surface area contributed by atoms with Crippen LogP contribution in [0.15, 0.2) is 60.9 Å². The fourth-order valence-electron chi connectivity index (χ4n) is 2.79. The predicted octanol–water partition coefficient (Wildman–Crippen LogP) is 4.11. The van der Waals surface area contributed by atoms with Crippen molar-refractivity contribution in [2.24, 2.45) is 0 Å². The molecule has 0 unspecified atom stereocenters. The Balaban J connectivity index is 2.14. The van der Waals surface area contributed by atoms with Crippen LogP contribution in [0.3, 0.4) is 0 Å². The van der Waals surface area contributed by atoms with Crippen molar-refractivity contribution in [1.82, 2.24) is 9.38 Å². The summed E-state index contributed by atoms with van der Waals surface area (Å²) in [7, 11) is 0. The van der Waals surface area contributed by atoms with Crippen molar-refractivity contribution in [2.75, 3.05) is 0 Å². The highest BCUT2D eigenvalue weighted by Gasteiger charge is 2.14. The second-order valence-electron chi connectivity index (χ2n) is 5.06. The third kappa shape index (κ3) is 1.74. The maximum absolute atomic E-state index is 14.1. The number of carbonyl (C=O) groups excluding carboxylic acids is 1. The maximum Gasteiger partial charge on any atom is 0.152 e. The fourth-order valence-corrected chi connectivity index (χ4v) is 2.79. The Morgan fingerprint density at radius 1 is 1.00 bits per heavy atom. The van der Waals surface area contributed by atoms with Crippen molar-refractivity contribution in [3.8, 4) is 11.4 Å². The quantitative estimate of drug-likeness (QED) is 0.521. The van der Waals surface area contributed by atoms with E-state index in [-0.39, 0.29) is 5.82 Å².